The number of para-hydroxylation sites is 1. The van der Waals surface area contributed by atoms with E-state index in [9.17, 15) is 4.79 Å². The third-order valence-electron chi connectivity index (χ3n) is 2.91. The number of hydrogen-bond donors (Lipinski definition) is 1. The van der Waals surface area contributed by atoms with Crippen LogP contribution in [0.25, 0.3) is 5.69 Å². The molecule has 2 aromatic heterocycles. The van der Waals surface area contributed by atoms with Crippen LogP contribution in [0.5, 0.6) is 0 Å². The lowest BCUT2D eigenvalue weighted by Gasteiger charge is -2.03. The smallest absolute Gasteiger partial charge is 0.242 e. The van der Waals surface area contributed by atoms with Crippen molar-refractivity contribution in [3.8, 4) is 5.69 Å². The Hall–Kier alpha value is -2.67. The maximum absolute atomic E-state index is 11.8. The van der Waals surface area contributed by atoms with Crippen LogP contribution in [0.4, 0.5) is 0 Å². The molecule has 0 atom stereocenters. The third kappa shape index (κ3) is 3.50. The molecule has 3 rings (SSSR count). The molecular formula is C14H13ClN6O. The second-order valence-electron chi connectivity index (χ2n) is 4.57. The number of benzene rings is 1. The fraction of sp³-hybridized carbons (Fsp3) is 0.143. The van der Waals surface area contributed by atoms with Crippen molar-refractivity contribution < 1.29 is 4.79 Å². The van der Waals surface area contributed by atoms with Crippen molar-refractivity contribution in [3.63, 3.8) is 0 Å². The molecule has 0 aliphatic carbocycles. The zero-order valence-electron chi connectivity index (χ0n) is 11.6. The SMILES string of the molecule is O=C(Cn1cc(Cl)cn1)NCc1ncn(-c2ccccc2)n1. The summed E-state index contributed by atoms with van der Waals surface area (Å²) in [5.41, 5.74) is 0.916. The first-order valence-corrected chi connectivity index (χ1v) is 6.99. The lowest BCUT2D eigenvalue weighted by atomic mass is 10.3. The van der Waals surface area contributed by atoms with Crippen LogP contribution in [0.3, 0.4) is 0 Å². The van der Waals surface area contributed by atoms with Gasteiger partial charge in [0.2, 0.25) is 5.91 Å². The molecule has 0 fully saturated rings. The number of nitrogens with one attached hydrogen (secondary N) is 1. The number of amides is 1. The Morgan fingerprint density at radius 3 is 2.82 bits per heavy atom. The van der Waals surface area contributed by atoms with Crippen LogP contribution in [-0.4, -0.2) is 30.5 Å². The van der Waals surface area contributed by atoms with Crippen LogP contribution in [0, 0.1) is 0 Å². The highest BCUT2D eigenvalue weighted by Gasteiger charge is 2.07. The first-order valence-electron chi connectivity index (χ1n) is 6.61. The fourth-order valence-electron chi connectivity index (χ4n) is 1.89. The molecule has 0 saturated heterocycles. The average molecular weight is 317 g/mol. The monoisotopic (exact) mass is 316 g/mol. The summed E-state index contributed by atoms with van der Waals surface area (Å²) in [6.45, 7) is 0.361. The average Bonchev–Trinajstić information content (AvgIpc) is 3.15. The molecule has 0 saturated carbocycles. The van der Waals surface area contributed by atoms with E-state index in [0.717, 1.165) is 5.69 Å². The first kappa shape index (κ1) is 14.3. The van der Waals surface area contributed by atoms with Crippen molar-refractivity contribution in [1.82, 2.24) is 29.9 Å². The summed E-state index contributed by atoms with van der Waals surface area (Å²) >= 11 is 5.74. The van der Waals surface area contributed by atoms with E-state index in [1.54, 1.807) is 17.2 Å². The Balaban J connectivity index is 1.56. The molecular weight excluding hydrogens is 304 g/mol. The van der Waals surface area contributed by atoms with Crippen molar-refractivity contribution in [2.24, 2.45) is 0 Å². The maximum Gasteiger partial charge on any atom is 0.242 e. The molecule has 7 nitrogen and oxygen atoms in total. The Kier molecular flexibility index (Phi) is 4.15. The molecule has 0 radical (unpaired) electrons. The normalized spacial score (nSPS) is 10.6. The van der Waals surface area contributed by atoms with E-state index < -0.39 is 0 Å². The van der Waals surface area contributed by atoms with Crippen LogP contribution in [0.15, 0.2) is 49.1 Å². The molecule has 1 aromatic carbocycles. The predicted octanol–water partition coefficient (Wildman–Crippen LogP) is 1.43. The van der Waals surface area contributed by atoms with Gasteiger partial charge in [-0.2, -0.15) is 5.10 Å². The molecule has 3 aromatic rings. The number of nitrogens with zero attached hydrogens (tertiary/aromatic N) is 5. The zero-order chi connectivity index (χ0) is 15.4. The Labute approximate surface area is 131 Å². The van der Waals surface area contributed by atoms with E-state index in [2.05, 4.69) is 20.5 Å². The highest BCUT2D eigenvalue weighted by molar-refractivity contribution is 6.30. The minimum Gasteiger partial charge on any atom is -0.347 e. The number of carbonyl (C=O) groups is 1. The van der Waals surface area contributed by atoms with Gasteiger partial charge in [-0.05, 0) is 12.1 Å². The molecule has 0 unspecified atom stereocenters. The van der Waals surface area contributed by atoms with Gasteiger partial charge in [-0.25, -0.2) is 9.67 Å². The van der Waals surface area contributed by atoms with E-state index in [1.807, 2.05) is 30.3 Å². The standard InChI is InChI=1S/C14H13ClN6O/c15-11-6-18-20(8-11)9-14(22)16-7-13-17-10-21(19-13)12-4-2-1-3-5-12/h1-6,8,10H,7,9H2,(H,16,22). The van der Waals surface area contributed by atoms with Crippen LogP contribution >= 0.6 is 11.6 Å². The van der Waals surface area contributed by atoms with Gasteiger partial charge >= 0.3 is 0 Å². The summed E-state index contributed by atoms with van der Waals surface area (Å²) in [6, 6.07) is 9.64. The fourth-order valence-corrected chi connectivity index (χ4v) is 2.05. The highest BCUT2D eigenvalue weighted by atomic mass is 35.5. The van der Waals surface area contributed by atoms with E-state index in [1.165, 1.54) is 10.9 Å². The summed E-state index contributed by atoms with van der Waals surface area (Å²) in [7, 11) is 0. The van der Waals surface area contributed by atoms with Gasteiger partial charge in [-0.3, -0.25) is 9.48 Å². The predicted molar refractivity (Wildman–Crippen MR) is 80.4 cm³/mol. The zero-order valence-corrected chi connectivity index (χ0v) is 12.3. The van der Waals surface area contributed by atoms with Gasteiger partial charge in [0.25, 0.3) is 0 Å². The summed E-state index contributed by atoms with van der Waals surface area (Å²) in [6.07, 6.45) is 4.69. The maximum atomic E-state index is 11.8. The summed E-state index contributed by atoms with van der Waals surface area (Å²) < 4.78 is 3.13. The van der Waals surface area contributed by atoms with Gasteiger partial charge in [-0.15, -0.1) is 5.10 Å². The topological polar surface area (TPSA) is 77.6 Å². The van der Waals surface area contributed by atoms with E-state index in [-0.39, 0.29) is 19.0 Å². The Morgan fingerprint density at radius 1 is 1.27 bits per heavy atom. The molecule has 0 aliphatic rings. The van der Waals surface area contributed by atoms with Gasteiger partial charge in [0.1, 0.15) is 12.9 Å². The van der Waals surface area contributed by atoms with Crippen molar-refractivity contribution >= 4 is 17.5 Å². The molecule has 0 spiro atoms. The molecule has 1 N–H and O–H groups in total. The lowest BCUT2D eigenvalue weighted by Crippen LogP contribution is -2.27. The third-order valence-corrected chi connectivity index (χ3v) is 3.11. The number of halogens is 1. The van der Waals surface area contributed by atoms with Gasteiger partial charge in [0.05, 0.1) is 23.5 Å². The summed E-state index contributed by atoms with van der Waals surface area (Å²) in [5, 5.41) is 11.5. The van der Waals surface area contributed by atoms with Crippen LogP contribution in [0.1, 0.15) is 5.82 Å². The van der Waals surface area contributed by atoms with E-state index >= 15 is 0 Å². The molecule has 0 aliphatic heterocycles. The quantitative estimate of drug-likeness (QED) is 0.772. The van der Waals surface area contributed by atoms with Crippen molar-refractivity contribution in [2.45, 2.75) is 13.1 Å². The van der Waals surface area contributed by atoms with Crippen molar-refractivity contribution in [1.29, 1.82) is 0 Å². The van der Waals surface area contributed by atoms with Crippen LogP contribution < -0.4 is 5.32 Å². The minimum atomic E-state index is -0.184. The molecule has 22 heavy (non-hydrogen) atoms. The number of rotatable bonds is 5. The van der Waals surface area contributed by atoms with E-state index in [4.69, 9.17) is 11.6 Å². The van der Waals surface area contributed by atoms with Gasteiger partial charge in [0, 0.05) is 6.20 Å². The minimum absolute atomic E-state index is 0.103. The Bertz CT molecular complexity index is 767. The second-order valence-corrected chi connectivity index (χ2v) is 5.01. The second kappa shape index (κ2) is 6.40. The van der Waals surface area contributed by atoms with Crippen LogP contribution in [0.2, 0.25) is 5.02 Å². The Morgan fingerprint density at radius 2 is 2.09 bits per heavy atom. The van der Waals surface area contributed by atoms with Crippen molar-refractivity contribution in [2.75, 3.05) is 0 Å². The highest BCUT2D eigenvalue weighted by Crippen LogP contribution is 2.05. The molecule has 1 amide bonds. The van der Waals surface area contributed by atoms with Gasteiger partial charge in [0.15, 0.2) is 5.82 Å². The molecule has 2 heterocycles. The molecule has 8 heteroatoms. The summed E-state index contributed by atoms with van der Waals surface area (Å²) in [5.74, 6) is 0.353. The number of hydrogen-bond acceptors (Lipinski definition) is 4. The van der Waals surface area contributed by atoms with Gasteiger partial charge < -0.3 is 5.32 Å². The lowest BCUT2D eigenvalue weighted by molar-refractivity contribution is -0.122. The first-order chi connectivity index (χ1) is 10.7. The number of carbonyl (C=O) groups excluding carboxylic acids is 1. The van der Waals surface area contributed by atoms with Gasteiger partial charge in [-0.1, -0.05) is 29.8 Å². The van der Waals surface area contributed by atoms with Crippen molar-refractivity contribution in [3.05, 3.63) is 59.9 Å². The largest absolute Gasteiger partial charge is 0.347 e. The van der Waals surface area contributed by atoms with E-state index in [0.29, 0.717) is 10.8 Å². The molecule has 0 bridgehead atoms. The number of aromatic nitrogens is 5. The van der Waals surface area contributed by atoms with Crippen LogP contribution in [-0.2, 0) is 17.9 Å². The summed E-state index contributed by atoms with van der Waals surface area (Å²) in [4.78, 5) is 16.0. The molecule has 112 valence electrons.